The van der Waals surface area contributed by atoms with Gasteiger partial charge in [-0.05, 0) is 63.1 Å². The highest BCUT2D eigenvalue weighted by Crippen LogP contribution is 2.30. The third-order valence-electron chi connectivity index (χ3n) is 3.69. The van der Waals surface area contributed by atoms with Gasteiger partial charge < -0.3 is 10.1 Å². The molecule has 0 unspecified atom stereocenters. The van der Waals surface area contributed by atoms with Gasteiger partial charge in [0.15, 0.2) is 0 Å². The lowest BCUT2D eigenvalue weighted by Gasteiger charge is -2.25. The van der Waals surface area contributed by atoms with Gasteiger partial charge in [-0.15, -0.1) is 0 Å². The minimum atomic E-state index is -3.69. The summed E-state index contributed by atoms with van der Waals surface area (Å²) in [5.41, 5.74) is 3.00. The Balaban J connectivity index is 2.29. The van der Waals surface area contributed by atoms with Gasteiger partial charge in [-0.3, -0.25) is 9.10 Å². The van der Waals surface area contributed by atoms with Crippen LogP contribution in [0.2, 0.25) is 0 Å². The van der Waals surface area contributed by atoms with Crippen molar-refractivity contribution in [2.24, 2.45) is 0 Å². The first-order valence-corrected chi connectivity index (χ1v) is 10.5. The van der Waals surface area contributed by atoms with Crippen molar-refractivity contribution in [2.75, 3.05) is 22.4 Å². The summed E-state index contributed by atoms with van der Waals surface area (Å²) in [4.78, 5) is 12.5. The third kappa shape index (κ3) is 5.99. The molecule has 0 spiro atoms. The average molecular weight is 391 g/mol. The maximum atomic E-state index is 12.5. The van der Waals surface area contributed by atoms with E-state index in [4.69, 9.17) is 4.74 Å². The van der Waals surface area contributed by atoms with E-state index in [1.54, 1.807) is 24.3 Å². The molecule has 0 atom stereocenters. The van der Waals surface area contributed by atoms with E-state index in [9.17, 15) is 13.2 Å². The summed E-state index contributed by atoms with van der Waals surface area (Å²) in [5.74, 6) is -0.0121. The molecule has 7 heteroatoms. The molecule has 0 radical (unpaired) electrons. The second-order valence-corrected chi connectivity index (χ2v) is 8.74. The largest absolute Gasteiger partial charge is 0.489 e. The first-order valence-electron chi connectivity index (χ1n) is 8.68. The molecule has 2 rings (SSSR count). The van der Waals surface area contributed by atoms with Crippen LogP contribution < -0.4 is 14.4 Å². The summed E-state index contributed by atoms with van der Waals surface area (Å²) >= 11 is 0. The molecule has 146 valence electrons. The number of carbonyl (C=O) groups excluding carboxylic acids is 1. The van der Waals surface area contributed by atoms with Crippen molar-refractivity contribution in [3.63, 3.8) is 0 Å². The average Bonchev–Trinajstić information content (AvgIpc) is 2.50. The molecule has 0 saturated heterocycles. The molecule has 2 aromatic carbocycles. The van der Waals surface area contributed by atoms with Gasteiger partial charge in [0.2, 0.25) is 15.9 Å². The molecule has 0 saturated carbocycles. The number of anilines is 2. The van der Waals surface area contributed by atoms with Crippen molar-refractivity contribution in [3.8, 4) is 5.75 Å². The number of rotatable bonds is 7. The van der Waals surface area contributed by atoms with Gasteiger partial charge in [0, 0.05) is 5.69 Å². The van der Waals surface area contributed by atoms with Gasteiger partial charge in [0.05, 0.1) is 18.0 Å². The van der Waals surface area contributed by atoms with Gasteiger partial charge in [0.25, 0.3) is 0 Å². The van der Waals surface area contributed by atoms with E-state index in [-0.39, 0.29) is 12.6 Å². The van der Waals surface area contributed by atoms with Gasteiger partial charge in [0.1, 0.15) is 12.3 Å². The Morgan fingerprint density at radius 2 is 1.70 bits per heavy atom. The fourth-order valence-electron chi connectivity index (χ4n) is 2.78. The zero-order chi connectivity index (χ0) is 20.2. The van der Waals surface area contributed by atoms with Crippen LogP contribution in [0.25, 0.3) is 0 Å². The van der Waals surface area contributed by atoms with Crippen molar-refractivity contribution in [3.05, 3.63) is 53.6 Å². The number of ether oxygens (including phenoxy) is 1. The molecule has 1 amide bonds. The molecule has 0 aliphatic heterocycles. The smallest absolute Gasteiger partial charge is 0.245 e. The van der Waals surface area contributed by atoms with Crippen LogP contribution in [-0.2, 0) is 14.8 Å². The molecule has 0 bridgehead atoms. The lowest BCUT2D eigenvalue weighted by atomic mass is 10.1. The van der Waals surface area contributed by atoms with Crippen molar-refractivity contribution >= 4 is 27.3 Å². The molecule has 0 aliphatic rings. The lowest BCUT2D eigenvalue weighted by Crippen LogP contribution is -2.37. The van der Waals surface area contributed by atoms with Crippen molar-refractivity contribution in [1.82, 2.24) is 0 Å². The molecule has 0 heterocycles. The van der Waals surface area contributed by atoms with Crippen LogP contribution >= 0.6 is 0 Å². The predicted molar refractivity (Wildman–Crippen MR) is 109 cm³/mol. The summed E-state index contributed by atoms with van der Waals surface area (Å²) in [6.45, 7) is 7.24. The second kappa shape index (κ2) is 8.43. The summed E-state index contributed by atoms with van der Waals surface area (Å²) < 4.78 is 31.5. The number of hydrogen-bond acceptors (Lipinski definition) is 4. The van der Waals surface area contributed by atoms with E-state index < -0.39 is 15.9 Å². The number of sulfonamides is 1. The summed E-state index contributed by atoms with van der Waals surface area (Å²) in [5, 5.41) is 2.77. The third-order valence-corrected chi connectivity index (χ3v) is 4.82. The maximum Gasteiger partial charge on any atom is 0.245 e. The first kappa shape index (κ1) is 20.8. The SMILES string of the molecule is Cc1cc(C)cc(NC(=O)CN(c2ccccc2OC(C)C)S(C)(=O)=O)c1. The Hall–Kier alpha value is -2.54. The topological polar surface area (TPSA) is 75.7 Å². The molecule has 0 fully saturated rings. The van der Waals surface area contributed by atoms with Crippen LogP contribution in [0.3, 0.4) is 0 Å². The molecule has 1 N–H and O–H groups in total. The van der Waals surface area contributed by atoms with Crippen molar-refractivity contribution in [1.29, 1.82) is 0 Å². The van der Waals surface area contributed by atoms with Crippen LogP contribution in [0.15, 0.2) is 42.5 Å². The first-order chi connectivity index (χ1) is 12.6. The van der Waals surface area contributed by atoms with Crippen molar-refractivity contribution in [2.45, 2.75) is 33.8 Å². The highest BCUT2D eigenvalue weighted by Gasteiger charge is 2.24. The van der Waals surface area contributed by atoms with Crippen LogP contribution in [0, 0.1) is 13.8 Å². The van der Waals surface area contributed by atoms with E-state index in [0.29, 0.717) is 17.1 Å². The van der Waals surface area contributed by atoms with E-state index in [2.05, 4.69) is 5.32 Å². The molecule has 0 aromatic heterocycles. The number of para-hydroxylation sites is 2. The van der Waals surface area contributed by atoms with Gasteiger partial charge in [-0.25, -0.2) is 8.42 Å². The summed E-state index contributed by atoms with van der Waals surface area (Å²) in [7, 11) is -3.69. The van der Waals surface area contributed by atoms with Crippen LogP contribution in [0.1, 0.15) is 25.0 Å². The number of nitrogens with one attached hydrogen (secondary N) is 1. The minimum Gasteiger partial charge on any atom is -0.489 e. The molecule has 6 nitrogen and oxygen atoms in total. The molecular formula is C20H26N2O4S. The summed E-state index contributed by atoms with van der Waals surface area (Å²) in [6, 6.07) is 12.5. The quantitative estimate of drug-likeness (QED) is 0.785. The standard InChI is InChI=1S/C20H26N2O4S/c1-14(2)26-19-9-7-6-8-18(19)22(27(5,24)25)13-20(23)21-17-11-15(3)10-16(4)12-17/h6-12,14H,13H2,1-5H3,(H,21,23). The van der Waals surface area contributed by atoms with Crippen LogP contribution in [0.4, 0.5) is 11.4 Å². The fourth-order valence-corrected chi connectivity index (χ4v) is 3.64. The van der Waals surface area contributed by atoms with Gasteiger partial charge >= 0.3 is 0 Å². The number of amides is 1. The zero-order valence-corrected chi connectivity index (χ0v) is 17.1. The van der Waals surface area contributed by atoms with Crippen LogP contribution in [0.5, 0.6) is 5.75 Å². The van der Waals surface area contributed by atoms with E-state index in [0.717, 1.165) is 21.7 Å². The Kier molecular flexibility index (Phi) is 6.49. The number of aryl methyl sites for hydroxylation is 2. The molecular weight excluding hydrogens is 364 g/mol. The zero-order valence-electron chi connectivity index (χ0n) is 16.3. The fraction of sp³-hybridized carbons (Fsp3) is 0.350. The van der Waals surface area contributed by atoms with Gasteiger partial charge in [-0.2, -0.15) is 0 Å². The Labute approximate surface area is 161 Å². The molecule has 0 aliphatic carbocycles. The highest BCUT2D eigenvalue weighted by molar-refractivity contribution is 7.92. The van der Waals surface area contributed by atoms with E-state index in [1.807, 2.05) is 45.9 Å². The highest BCUT2D eigenvalue weighted by atomic mass is 32.2. The normalized spacial score (nSPS) is 11.3. The molecule has 2 aromatic rings. The number of benzene rings is 2. The summed E-state index contributed by atoms with van der Waals surface area (Å²) in [6.07, 6.45) is 0.945. The number of nitrogens with zero attached hydrogens (tertiary/aromatic N) is 1. The Morgan fingerprint density at radius 1 is 1.11 bits per heavy atom. The minimum absolute atomic E-state index is 0.128. The Bertz CT molecular complexity index is 903. The van der Waals surface area contributed by atoms with E-state index in [1.165, 1.54) is 0 Å². The number of hydrogen-bond donors (Lipinski definition) is 1. The van der Waals surface area contributed by atoms with Crippen LogP contribution in [-0.4, -0.2) is 33.2 Å². The molecule has 27 heavy (non-hydrogen) atoms. The van der Waals surface area contributed by atoms with Crippen molar-refractivity contribution < 1.29 is 17.9 Å². The number of carbonyl (C=O) groups is 1. The Morgan fingerprint density at radius 3 is 2.26 bits per heavy atom. The lowest BCUT2D eigenvalue weighted by molar-refractivity contribution is -0.114. The second-order valence-electron chi connectivity index (χ2n) is 6.83. The monoisotopic (exact) mass is 390 g/mol. The predicted octanol–water partition coefficient (Wildman–Crippen LogP) is 3.50. The maximum absolute atomic E-state index is 12.5. The van der Waals surface area contributed by atoms with Gasteiger partial charge in [-0.1, -0.05) is 18.2 Å². The van der Waals surface area contributed by atoms with E-state index >= 15 is 0 Å².